The molecular formula is C14H19N5O2. The van der Waals surface area contributed by atoms with Gasteiger partial charge in [0.2, 0.25) is 0 Å². The van der Waals surface area contributed by atoms with Crippen molar-refractivity contribution >= 4 is 11.6 Å². The fraction of sp³-hybridized carbons (Fsp3) is 0.500. The summed E-state index contributed by atoms with van der Waals surface area (Å²) in [5.41, 5.74) is 9.25. The lowest BCUT2D eigenvalue weighted by Gasteiger charge is -2.26. The molecular weight excluding hydrogens is 270 g/mol. The van der Waals surface area contributed by atoms with Crippen LogP contribution in [0, 0.1) is 0 Å². The highest BCUT2D eigenvalue weighted by molar-refractivity contribution is 5.98. The summed E-state index contributed by atoms with van der Waals surface area (Å²) < 4.78 is 5.29. The predicted octanol–water partition coefficient (Wildman–Crippen LogP) is 2.08. The van der Waals surface area contributed by atoms with Gasteiger partial charge in [0.15, 0.2) is 0 Å². The van der Waals surface area contributed by atoms with E-state index in [4.69, 9.17) is 10.3 Å². The van der Waals surface area contributed by atoms with Crippen LogP contribution in [0.5, 0.6) is 0 Å². The van der Waals surface area contributed by atoms with E-state index < -0.39 is 0 Å². The molecule has 112 valence electrons. The van der Waals surface area contributed by atoms with Crippen molar-refractivity contribution in [3.63, 3.8) is 0 Å². The van der Waals surface area contributed by atoms with Gasteiger partial charge in [-0.1, -0.05) is 23.3 Å². The van der Waals surface area contributed by atoms with E-state index in [9.17, 15) is 4.79 Å². The van der Waals surface area contributed by atoms with Crippen LogP contribution in [-0.2, 0) is 4.74 Å². The van der Waals surface area contributed by atoms with Gasteiger partial charge in [-0.15, -0.1) is 0 Å². The third kappa shape index (κ3) is 4.75. The van der Waals surface area contributed by atoms with Crippen LogP contribution in [0.4, 0.5) is 5.69 Å². The lowest BCUT2D eigenvalue weighted by molar-refractivity contribution is 0.0374. The van der Waals surface area contributed by atoms with Gasteiger partial charge in [0.05, 0.1) is 18.9 Å². The lowest BCUT2D eigenvalue weighted by atomic mass is 10.1. The molecule has 7 heteroatoms. The SMILES string of the molecule is [N-]=[N+]=Nc1ccccc1C(=O)NCCCN1CCOCC1. The minimum absolute atomic E-state index is 0.208. The van der Waals surface area contributed by atoms with Gasteiger partial charge in [-0.25, -0.2) is 0 Å². The quantitative estimate of drug-likeness (QED) is 0.376. The van der Waals surface area contributed by atoms with E-state index in [2.05, 4.69) is 20.2 Å². The number of azide groups is 1. The Kier molecular flexibility index (Phi) is 6.02. The molecule has 0 unspecified atom stereocenters. The Balaban J connectivity index is 1.78. The number of rotatable bonds is 6. The first kappa shape index (κ1) is 15.3. The number of hydrogen-bond acceptors (Lipinski definition) is 4. The zero-order valence-electron chi connectivity index (χ0n) is 11.9. The number of nitrogens with one attached hydrogen (secondary N) is 1. The van der Waals surface area contributed by atoms with Crippen LogP contribution in [0.3, 0.4) is 0 Å². The molecule has 7 nitrogen and oxygen atoms in total. The summed E-state index contributed by atoms with van der Waals surface area (Å²) in [6.07, 6.45) is 0.884. The maximum Gasteiger partial charge on any atom is 0.251 e. The summed E-state index contributed by atoms with van der Waals surface area (Å²) in [6, 6.07) is 6.77. The van der Waals surface area contributed by atoms with Crippen molar-refractivity contribution in [1.82, 2.24) is 10.2 Å². The van der Waals surface area contributed by atoms with E-state index in [1.165, 1.54) is 0 Å². The maximum absolute atomic E-state index is 12.1. The van der Waals surface area contributed by atoms with Crippen molar-refractivity contribution in [2.75, 3.05) is 39.4 Å². The first-order valence-corrected chi connectivity index (χ1v) is 7.03. The number of amides is 1. The van der Waals surface area contributed by atoms with Crippen LogP contribution in [-0.4, -0.2) is 50.2 Å². The van der Waals surface area contributed by atoms with Crippen molar-refractivity contribution in [2.24, 2.45) is 5.11 Å². The van der Waals surface area contributed by atoms with Gasteiger partial charge < -0.3 is 10.1 Å². The molecule has 0 saturated carbocycles. The van der Waals surface area contributed by atoms with Crippen LogP contribution >= 0.6 is 0 Å². The van der Waals surface area contributed by atoms with Gasteiger partial charge in [0.25, 0.3) is 5.91 Å². The molecule has 0 aromatic heterocycles. The Hall–Kier alpha value is -2.08. The Morgan fingerprint density at radius 1 is 1.38 bits per heavy atom. The van der Waals surface area contributed by atoms with Crippen molar-refractivity contribution < 1.29 is 9.53 Å². The number of morpholine rings is 1. The number of carbonyl (C=O) groups is 1. The summed E-state index contributed by atoms with van der Waals surface area (Å²) in [7, 11) is 0. The standard InChI is InChI=1S/C14H19N5O2/c15-18-17-13-5-2-1-4-12(13)14(20)16-6-3-7-19-8-10-21-11-9-19/h1-2,4-5H,3,6-11H2,(H,16,20). The minimum Gasteiger partial charge on any atom is -0.379 e. The highest BCUT2D eigenvalue weighted by atomic mass is 16.5. The van der Waals surface area contributed by atoms with Crippen LogP contribution in [0.1, 0.15) is 16.8 Å². The van der Waals surface area contributed by atoms with Crippen LogP contribution < -0.4 is 5.32 Å². The summed E-state index contributed by atoms with van der Waals surface area (Å²) in [4.78, 5) is 17.1. The Bertz CT molecular complexity index is 522. The fourth-order valence-electron chi connectivity index (χ4n) is 2.23. The second kappa shape index (κ2) is 8.26. The predicted molar refractivity (Wildman–Crippen MR) is 79.5 cm³/mol. The topological polar surface area (TPSA) is 90.3 Å². The molecule has 1 aromatic carbocycles. The smallest absolute Gasteiger partial charge is 0.251 e. The van der Waals surface area contributed by atoms with Crippen LogP contribution in [0.15, 0.2) is 29.4 Å². The van der Waals surface area contributed by atoms with E-state index >= 15 is 0 Å². The molecule has 21 heavy (non-hydrogen) atoms. The maximum atomic E-state index is 12.1. The molecule has 0 atom stereocenters. The largest absolute Gasteiger partial charge is 0.379 e. The normalized spacial score (nSPS) is 15.2. The molecule has 0 radical (unpaired) electrons. The third-order valence-electron chi connectivity index (χ3n) is 3.34. The van der Waals surface area contributed by atoms with E-state index in [1.807, 2.05) is 0 Å². The molecule has 1 fully saturated rings. The summed E-state index contributed by atoms with van der Waals surface area (Å²) in [6.45, 7) is 5.02. The molecule has 1 aliphatic rings. The van der Waals surface area contributed by atoms with E-state index in [1.54, 1.807) is 24.3 Å². The fourth-order valence-corrected chi connectivity index (χ4v) is 2.23. The second-order valence-electron chi connectivity index (χ2n) is 4.77. The molecule has 0 aliphatic carbocycles. The van der Waals surface area contributed by atoms with Crippen molar-refractivity contribution in [3.05, 3.63) is 40.3 Å². The monoisotopic (exact) mass is 289 g/mol. The van der Waals surface area contributed by atoms with E-state index in [-0.39, 0.29) is 5.91 Å². The van der Waals surface area contributed by atoms with Crippen molar-refractivity contribution in [1.29, 1.82) is 0 Å². The second-order valence-corrected chi connectivity index (χ2v) is 4.77. The van der Waals surface area contributed by atoms with Gasteiger partial charge in [0, 0.05) is 30.1 Å². The molecule has 1 aliphatic heterocycles. The Labute approximate surface area is 123 Å². The summed E-state index contributed by atoms with van der Waals surface area (Å²) in [5.74, 6) is -0.208. The molecule has 0 spiro atoms. The third-order valence-corrected chi connectivity index (χ3v) is 3.34. The van der Waals surface area contributed by atoms with Gasteiger partial charge in [-0.3, -0.25) is 9.69 Å². The number of ether oxygens (including phenoxy) is 1. The lowest BCUT2D eigenvalue weighted by Crippen LogP contribution is -2.38. The highest BCUT2D eigenvalue weighted by Crippen LogP contribution is 2.18. The molecule has 1 N–H and O–H groups in total. The number of nitrogens with zero attached hydrogens (tertiary/aromatic N) is 4. The average Bonchev–Trinajstić information content (AvgIpc) is 2.53. The summed E-state index contributed by atoms with van der Waals surface area (Å²) in [5, 5.41) is 6.38. The average molecular weight is 289 g/mol. The molecule has 1 amide bonds. The zero-order valence-corrected chi connectivity index (χ0v) is 11.9. The van der Waals surface area contributed by atoms with Gasteiger partial charge in [0.1, 0.15) is 0 Å². The van der Waals surface area contributed by atoms with E-state index in [0.717, 1.165) is 39.3 Å². The Morgan fingerprint density at radius 3 is 2.90 bits per heavy atom. The summed E-state index contributed by atoms with van der Waals surface area (Å²) >= 11 is 0. The molecule has 1 aromatic rings. The van der Waals surface area contributed by atoms with Crippen molar-refractivity contribution in [3.8, 4) is 0 Å². The minimum atomic E-state index is -0.208. The van der Waals surface area contributed by atoms with E-state index in [0.29, 0.717) is 17.8 Å². The number of benzene rings is 1. The molecule has 2 rings (SSSR count). The van der Waals surface area contributed by atoms with Gasteiger partial charge >= 0.3 is 0 Å². The first-order valence-electron chi connectivity index (χ1n) is 7.03. The number of hydrogen-bond donors (Lipinski definition) is 1. The highest BCUT2D eigenvalue weighted by Gasteiger charge is 2.11. The molecule has 0 bridgehead atoms. The first-order chi connectivity index (χ1) is 10.3. The van der Waals surface area contributed by atoms with Gasteiger partial charge in [-0.05, 0) is 24.6 Å². The zero-order chi connectivity index (χ0) is 14.9. The van der Waals surface area contributed by atoms with Crippen LogP contribution in [0.25, 0.3) is 10.4 Å². The van der Waals surface area contributed by atoms with Crippen molar-refractivity contribution in [2.45, 2.75) is 6.42 Å². The van der Waals surface area contributed by atoms with Crippen LogP contribution in [0.2, 0.25) is 0 Å². The molecule has 1 saturated heterocycles. The molecule has 1 heterocycles. The Morgan fingerprint density at radius 2 is 2.14 bits per heavy atom. The van der Waals surface area contributed by atoms with Gasteiger partial charge in [-0.2, -0.15) is 0 Å². The number of carbonyl (C=O) groups excluding carboxylic acids is 1.